The molecule has 1 aromatic carbocycles. The molecule has 3 aromatic heterocycles. The number of nitrogens with zero attached hydrogens (tertiary/aromatic N) is 5. The lowest BCUT2D eigenvalue weighted by molar-refractivity contribution is -0.117. The molecule has 3 heterocycles. The fourth-order valence-electron chi connectivity index (χ4n) is 2.60. The predicted octanol–water partition coefficient (Wildman–Crippen LogP) is 1.99. The molecule has 9 heteroatoms. The summed E-state index contributed by atoms with van der Waals surface area (Å²) in [6.07, 6.45) is 1.88. The number of anilines is 1. The van der Waals surface area contributed by atoms with Crippen LogP contribution in [-0.4, -0.2) is 30.5 Å². The Labute approximate surface area is 151 Å². The number of para-hydroxylation sites is 1. The lowest BCUT2D eigenvalue weighted by Gasteiger charge is -2.08. The van der Waals surface area contributed by atoms with Crippen LogP contribution in [0.15, 0.2) is 53.5 Å². The van der Waals surface area contributed by atoms with Crippen LogP contribution in [-0.2, 0) is 11.3 Å². The first-order valence-electron chi connectivity index (χ1n) is 7.85. The van der Waals surface area contributed by atoms with E-state index in [4.69, 9.17) is 0 Å². The Morgan fingerprint density at radius 3 is 2.81 bits per heavy atom. The monoisotopic (exact) mass is 366 g/mol. The SMILES string of the molecule is Cc1nnc(NC(=O)Cn2nc(-n3ccc4ccccc43)ccc2=O)s1. The molecule has 0 saturated heterocycles. The van der Waals surface area contributed by atoms with Gasteiger partial charge in [0, 0.05) is 12.3 Å². The summed E-state index contributed by atoms with van der Waals surface area (Å²) in [4.78, 5) is 24.3. The Bertz CT molecular complexity index is 1160. The van der Waals surface area contributed by atoms with E-state index in [1.54, 1.807) is 13.0 Å². The van der Waals surface area contributed by atoms with Crippen molar-refractivity contribution < 1.29 is 4.79 Å². The zero-order valence-electron chi connectivity index (χ0n) is 13.8. The van der Waals surface area contributed by atoms with Crippen LogP contribution >= 0.6 is 11.3 Å². The third-order valence-electron chi connectivity index (χ3n) is 3.76. The summed E-state index contributed by atoms with van der Waals surface area (Å²) >= 11 is 1.27. The van der Waals surface area contributed by atoms with E-state index in [0.29, 0.717) is 10.9 Å². The third kappa shape index (κ3) is 3.11. The van der Waals surface area contributed by atoms with Crippen LogP contribution in [0.25, 0.3) is 16.7 Å². The molecular formula is C17H14N6O2S. The maximum atomic E-state index is 12.2. The van der Waals surface area contributed by atoms with Gasteiger partial charge in [-0.15, -0.1) is 10.2 Å². The van der Waals surface area contributed by atoms with Gasteiger partial charge < -0.3 is 0 Å². The molecule has 0 fully saturated rings. The van der Waals surface area contributed by atoms with Gasteiger partial charge in [-0.05, 0) is 30.5 Å². The smallest absolute Gasteiger partial charge is 0.267 e. The maximum Gasteiger partial charge on any atom is 0.267 e. The van der Waals surface area contributed by atoms with Crippen molar-refractivity contribution in [1.82, 2.24) is 24.5 Å². The van der Waals surface area contributed by atoms with E-state index in [2.05, 4.69) is 20.6 Å². The Morgan fingerprint density at radius 1 is 1.15 bits per heavy atom. The van der Waals surface area contributed by atoms with E-state index in [-0.39, 0.29) is 18.0 Å². The first kappa shape index (κ1) is 16.2. The molecule has 1 N–H and O–H groups in total. The van der Waals surface area contributed by atoms with Gasteiger partial charge in [-0.1, -0.05) is 29.5 Å². The molecule has 0 unspecified atom stereocenters. The fourth-order valence-corrected chi connectivity index (χ4v) is 3.21. The molecule has 0 saturated carbocycles. The Kier molecular flexibility index (Phi) is 4.05. The highest BCUT2D eigenvalue weighted by atomic mass is 32.1. The van der Waals surface area contributed by atoms with E-state index < -0.39 is 0 Å². The Morgan fingerprint density at radius 2 is 2.00 bits per heavy atom. The van der Waals surface area contributed by atoms with Gasteiger partial charge in [0.1, 0.15) is 11.6 Å². The fraction of sp³-hybridized carbons (Fsp3) is 0.118. The largest absolute Gasteiger partial charge is 0.300 e. The highest BCUT2D eigenvalue weighted by Crippen LogP contribution is 2.18. The maximum absolute atomic E-state index is 12.2. The molecule has 0 bridgehead atoms. The lowest BCUT2D eigenvalue weighted by atomic mass is 10.2. The number of carbonyl (C=O) groups is 1. The highest BCUT2D eigenvalue weighted by Gasteiger charge is 2.11. The number of aryl methyl sites for hydroxylation is 1. The quantitative estimate of drug-likeness (QED) is 0.596. The third-order valence-corrected chi connectivity index (χ3v) is 4.52. The molecule has 0 radical (unpaired) electrons. The highest BCUT2D eigenvalue weighted by molar-refractivity contribution is 7.15. The predicted molar refractivity (Wildman–Crippen MR) is 98.6 cm³/mol. The number of amides is 1. The van der Waals surface area contributed by atoms with E-state index in [0.717, 1.165) is 20.6 Å². The molecule has 4 rings (SSSR count). The van der Waals surface area contributed by atoms with Gasteiger partial charge in [0.15, 0.2) is 5.82 Å². The van der Waals surface area contributed by atoms with Crippen molar-refractivity contribution in [2.24, 2.45) is 0 Å². The van der Waals surface area contributed by atoms with Gasteiger partial charge in [-0.3, -0.25) is 19.5 Å². The van der Waals surface area contributed by atoms with Crippen molar-refractivity contribution >= 4 is 33.3 Å². The number of nitrogens with one attached hydrogen (secondary N) is 1. The standard InChI is InChI=1S/C17H14N6O2S/c1-11-19-20-17(26-11)18-15(24)10-23-16(25)7-6-14(21-23)22-9-8-12-4-2-3-5-13(12)22/h2-9H,10H2,1H3,(H,18,20,24). The topological polar surface area (TPSA) is 94.7 Å². The van der Waals surface area contributed by atoms with Gasteiger partial charge in [0.05, 0.1) is 5.52 Å². The summed E-state index contributed by atoms with van der Waals surface area (Å²) in [5.41, 5.74) is 0.618. The van der Waals surface area contributed by atoms with Gasteiger partial charge in [0.2, 0.25) is 11.0 Å². The van der Waals surface area contributed by atoms with Crippen molar-refractivity contribution in [1.29, 1.82) is 0 Å². The van der Waals surface area contributed by atoms with Crippen molar-refractivity contribution in [3.63, 3.8) is 0 Å². The molecule has 8 nitrogen and oxygen atoms in total. The molecule has 0 aliphatic carbocycles. The van der Waals surface area contributed by atoms with E-state index in [1.807, 2.05) is 41.1 Å². The second kappa shape index (κ2) is 6.52. The van der Waals surface area contributed by atoms with Crippen LogP contribution in [0.4, 0.5) is 5.13 Å². The minimum Gasteiger partial charge on any atom is -0.300 e. The van der Waals surface area contributed by atoms with Crippen LogP contribution in [0.2, 0.25) is 0 Å². The number of hydrogen-bond donors (Lipinski definition) is 1. The average Bonchev–Trinajstić information content (AvgIpc) is 3.23. The molecule has 1 amide bonds. The molecule has 0 aliphatic rings. The minimum atomic E-state index is -0.384. The second-order valence-corrected chi connectivity index (χ2v) is 6.79. The number of fused-ring (bicyclic) bond motifs is 1. The van der Waals surface area contributed by atoms with E-state index >= 15 is 0 Å². The van der Waals surface area contributed by atoms with Gasteiger partial charge >= 0.3 is 0 Å². The molecule has 130 valence electrons. The van der Waals surface area contributed by atoms with Crippen molar-refractivity contribution in [2.45, 2.75) is 13.5 Å². The summed E-state index contributed by atoms with van der Waals surface area (Å²) in [5.74, 6) is 0.177. The number of benzene rings is 1. The second-order valence-electron chi connectivity index (χ2n) is 5.61. The summed E-state index contributed by atoms with van der Waals surface area (Å²) in [7, 11) is 0. The van der Waals surface area contributed by atoms with Crippen LogP contribution in [0, 0.1) is 6.92 Å². The summed E-state index contributed by atoms with van der Waals surface area (Å²) in [6.45, 7) is 1.59. The molecular weight excluding hydrogens is 352 g/mol. The Balaban J connectivity index is 1.62. The Hall–Kier alpha value is -3.33. The van der Waals surface area contributed by atoms with Gasteiger partial charge in [0.25, 0.3) is 5.56 Å². The summed E-state index contributed by atoms with van der Waals surface area (Å²) < 4.78 is 3.00. The molecule has 0 spiro atoms. The first-order valence-corrected chi connectivity index (χ1v) is 8.66. The van der Waals surface area contributed by atoms with Crippen LogP contribution < -0.4 is 10.9 Å². The summed E-state index contributed by atoms with van der Waals surface area (Å²) in [6, 6.07) is 12.9. The normalized spacial score (nSPS) is 11.0. The van der Waals surface area contributed by atoms with E-state index in [1.165, 1.54) is 17.4 Å². The number of rotatable bonds is 4. The van der Waals surface area contributed by atoms with Crippen LogP contribution in [0.1, 0.15) is 5.01 Å². The first-order chi connectivity index (χ1) is 12.6. The van der Waals surface area contributed by atoms with Crippen molar-refractivity contribution in [3.05, 3.63) is 64.0 Å². The van der Waals surface area contributed by atoms with Crippen LogP contribution in [0.5, 0.6) is 0 Å². The van der Waals surface area contributed by atoms with Gasteiger partial charge in [-0.2, -0.15) is 5.10 Å². The molecule has 0 aliphatic heterocycles. The average molecular weight is 366 g/mol. The zero-order chi connectivity index (χ0) is 18.1. The van der Waals surface area contributed by atoms with Crippen molar-refractivity contribution in [3.8, 4) is 5.82 Å². The number of carbonyl (C=O) groups excluding carboxylic acids is 1. The van der Waals surface area contributed by atoms with Gasteiger partial charge in [-0.25, -0.2) is 4.68 Å². The van der Waals surface area contributed by atoms with E-state index in [9.17, 15) is 9.59 Å². The molecule has 0 atom stereocenters. The molecule has 26 heavy (non-hydrogen) atoms. The summed E-state index contributed by atoms with van der Waals surface area (Å²) in [5, 5.41) is 16.8. The number of hydrogen-bond acceptors (Lipinski definition) is 6. The zero-order valence-corrected chi connectivity index (χ0v) is 14.6. The van der Waals surface area contributed by atoms with Crippen LogP contribution in [0.3, 0.4) is 0 Å². The number of aromatic nitrogens is 5. The molecule has 4 aromatic rings. The minimum absolute atomic E-state index is 0.204. The van der Waals surface area contributed by atoms with Crippen molar-refractivity contribution in [2.75, 3.05) is 5.32 Å². The lowest BCUT2D eigenvalue weighted by Crippen LogP contribution is -2.29.